The molecule has 21 aromatic carbocycles. The lowest BCUT2D eigenvalue weighted by Gasteiger charge is -2.34. The highest BCUT2D eigenvalue weighted by Gasteiger charge is 2.46. The lowest BCUT2D eigenvalue weighted by Crippen LogP contribution is -2.28. The molecular formula is C127H87Br5O2. The molecule has 0 saturated heterocycles. The Morgan fingerprint density at radius 2 is 0.530 bits per heavy atom. The van der Waals surface area contributed by atoms with Crippen molar-refractivity contribution >= 4 is 156 Å². The second kappa shape index (κ2) is 35.7. The first kappa shape index (κ1) is 85.8. The fourth-order valence-corrected chi connectivity index (χ4v) is 22.3. The number of benzene rings is 21. The molecule has 2 aromatic heterocycles. The molecule has 23 aromatic rings. The van der Waals surface area contributed by atoms with E-state index >= 15 is 0 Å². The summed E-state index contributed by atoms with van der Waals surface area (Å²) in [4.78, 5) is 0. The van der Waals surface area contributed by atoms with Crippen LogP contribution in [0.5, 0.6) is 0 Å². The third-order valence-electron chi connectivity index (χ3n) is 27.4. The van der Waals surface area contributed by atoms with Gasteiger partial charge in [-0.2, -0.15) is 0 Å². The van der Waals surface area contributed by atoms with Crippen molar-refractivity contribution in [1.82, 2.24) is 0 Å². The lowest BCUT2D eigenvalue weighted by atomic mass is 9.67. The standard InChI is InChI=1S/C31H21Br.C27H21Br.C26H15BrO.C22H13BrO.C21H17Br/c32-26-18-15-22(16-19-26)23-17-20-28-27-13-7-8-14-29(27)31(30(28)21-23,24-9-3-1-4-10-24)25-11-5-2-6-12-25;1-27(2)25-9-4-3-8-23(25)24-17-21(12-15-26(24)27)20-7-5-6-19(16-20)18-10-13-22(28)14-11-18;27-18-12-9-16(10-13-18)17-11-14-24-23(15-17)25-21-7-3-1-5-19(21)20-6-2-4-8-22(20)26(25)28-24;23-17-9-5-14(6-10-17)16-8-11-20-19(13-16)22-18-4-2-1-3-15(18)7-12-21(22)24-20;1-21(2)19-9-4-3-8-17(19)18-11-10-15(13-20(18)21)14-6-5-7-16(22)12-14/h1-21H;3-17H,1-2H3;1-15H;1-13H;3-13H,1-2H3. The van der Waals surface area contributed by atoms with Gasteiger partial charge in [-0.1, -0.05) is 447 Å². The van der Waals surface area contributed by atoms with Crippen molar-refractivity contribution < 1.29 is 8.83 Å². The van der Waals surface area contributed by atoms with Crippen molar-refractivity contribution in [1.29, 1.82) is 0 Å². The Morgan fingerprint density at radius 3 is 1.09 bits per heavy atom. The van der Waals surface area contributed by atoms with Gasteiger partial charge in [-0.05, 0) is 287 Å². The van der Waals surface area contributed by atoms with E-state index in [2.05, 4.69) is 562 Å². The van der Waals surface area contributed by atoms with Crippen LogP contribution in [-0.4, -0.2) is 0 Å². The molecule has 3 aliphatic rings. The van der Waals surface area contributed by atoms with Crippen LogP contribution in [0.25, 0.3) is 176 Å². The molecule has 2 heterocycles. The Balaban J connectivity index is 0.0000000980. The third kappa shape index (κ3) is 15.7. The van der Waals surface area contributed by atoms with E-state index in [4.69, 9.17) is 8.83 Å². The smallest absolute Gasteiger partial charge is 0.143 e. The van der Waals surface area contributed by atoms with Crippen LogP contribution in [0.2, 0.25) is 0 Å². The first-order valence-electron chi connectivity index (χ1n) is 45.3. The zero-order valence-electron chi connectivity index (χ0n) is 74.0. The van der Waals surface area contributed by atoms with E-state index in [-0.39, 0.29) is 16.2 Å². The average molecular weight is 2040 g/mol. The van der Waals surface area contributed by atoms with Crippen LogP contribution < -0.4 is 0 Å². The normalized spacial score (nSPS) is 13.0. The van der Waals surface area contributed by atoms with Crippen molar-refractivity contribution in [3.05, 3.63) is 522 Å². The van der Waals surface area contributed by atoms with E-state index in [9.17, 15) is 0 Å². The monoisotopic (exact) mass is 2040 g/mol. The van der Waals surface area contributed by atoms with Gasteiger partial charge >= 0.3 is 0 Å². The summed E-state index contributed by atoms with van der Waals surface area (Å²) in [7, 11) is 0. The molecule has 3 aliphatic carbocycles. The zero-order chi connectivity index (χ0) is 90.9. The Hall–Kier alpha value is -13.6. The first-order valence-corrected chi connectivity index (χ1v) is 49.3. The summed E-state index contributed by atoms with van der Waals surface area (Å²) < 4.78 is 17.9. The maximum absolute atomic E-state index is 6.38. The summed E-state index contributed by atoms with van der Waals surface area (Å²) in [6, 6.07) is 163. The van der Waals surface area contributed by atoms with Crippen LogP contribution in [0.3, 0.4) is 0 Å². The van der Waals surface area contributed by atoms with Gasteiger partial charge in [-0.15, -0.1) is 0 Å². The number of rotatable bonds is 8. The highest BCUT2D eigenvalue weighted by atomic mass is 79.9. The molecule has 0 N–H and O–H groups in total. The van der Waals surface area contributed by atoms with E-state index in [0.29, 0.717) is 0 Å². The lowest BCUT2D eigenvalue weighted by molar-refractivity contribution is 0.660. The van der Waals surface area contributed by atoms with Gasteiger partial charge in [-0.25, -0.2) is 0 Å². The van der Waals surface area contributed by atoms with Gasteiger partial charge in [-0.3, -0.25) is 0 Å². The summed E-state index contributed by atoms with van der Waals surface area (Å²) >= 11 is 17.7. The van der Waals surface area contributed by atoms with E-state index in [1.54, 1.807) is 0 Å². The van der Waals surface area contributed by atoms with Crippen LogP contribution in [0.4, 0.5) is 0 Å². The molecule has 0 saturated carbocycles. The van der Waals surface area contributed by atoms with Crippen molar-refractivity contribution in [2.45, 2.75) is 43.9 Å². The van der Waals surface area contributed by atoms with E-state index in [1.807, 2.05) is 0 Å². The third-order valence-corrected chi connectivity index (χ3v) is 30.0. The fraction of sp³-hybridized carbons (Fsp3) is 0.0551. The SMILES string of the molecule is Brc1ccc(-c2ccc3c(c2)C(c2ccccc2)(c2ccccc2)c2ccccc2-3)cc1.Brc1ccc(-c2ccc3oc4c5ccccc5c5ccccc5c4c3c2)cc1.Brc1ccc(-c2ccc3oc4ccc5ccccc5c4c3c2)cc1.CC1(C)c2ccccc2-c2cc(-c3cccc(-c4ccc(Br)cc4)c3)ccc21.CC1(C)c2ccccc2-c2ccc(-c3cccc(Br)c3)cc21. The largest absolute Gasteiger partial charge is 0.456 e. The Bertz CT molecular complexity index is 8420. The van der Waals surface area contributed by atoms with Crippen LogP contribution in [0.1, 0.15) is 72.2 Å². The zero-order valence-corrected chi connectivity index (χ0v) is 81.9. The van der Waals surface area contributed by atoms with Crippen LogP contribution in [0.15, 0.2) is 486 Å². The maximum Gasteiger partial charge on any atom is 0.143 e. The molecule has 0 atom stereocenters. The van der Waals surface area contributed by atoms with Crippen molar-refractivity contribution in [2.24, 2.45) is 0 Å². The van der Waals surface area contributed by atoms with E-state index < -0.39 is 0 Å². The topological polar surface area (TPSA) is 26.3 Å². The minimum atomic E-state index is -0.347. The predicted octanol–water partition coefficient (Wildman–Crippen LogP) is 38.5. The van der Waals surface area contributed by atoms with Gasteiger partial charge in [0, 0.05) is 60.1 Å². The molecule has 134 heavy (non-hydrogen) atoms. The minimum Gasteiger partial charge on any atom is -0.456 e. The van der Waals surface area contributed by atoms with Crippen molar-refractivity contribution in [2.75, 3.05) is 0 Å². The number of hydrogen-bond donors (Lipinski definition) is 0. The van der Waals surface area contributed by atoms with E-state index in [1.165, 1.54) is 188 Å². The van der Waals surface area contributed by atoms with Gasteiger partial charge in [0.1, 0.15) is 22.3 Å². The summed E-state index contributed by atoms with van der Waals surface area (Å²) in [5.41, 5.74) is 37.4. The predicted molar refractivity (Wildman–Crippen MR) is 583 cm³/mol. The summed E-state index contributed by atoms with van der Waals surface area (Å²) in [5, 5.41) is 12.1. The number of fused-ring (bicyclic) bond motifs is 22. The van der Waals surface area contributed by atoms with Gasteiger partial charge in [0.2, 0.25) is 0 Å². The number of furan rings is 2. The molecule has 0 radical (unpaired) electrons. The molecule has 0 unspecified atom stereocenters. The van der Waals surface area contributed by atoms with E-state index in [0.717, 1.165) is 55.5 Å². The van der Waals surface area contributed by atoms with Crippen molar-refractivity contribution in [3.63, 3.8) is 0 Å². The van der Waals surface area contributed by atoms with Gasteiger partial charge in [0.15, 0.2) is 0 Å². The Kier molecular flexibility index (Phi) is 22.9. The Morgan fingerprint density at radius 1 is 0.179 bits per heavy atom. The number of hydrogen-bond acceptors (Lipinski definition) is 2. The van der Waals surface area contributed by atoms with Gasteiger partial charge in [0.25, 0.3) is 0 Å². The van der Waals surface area contributed by atoms with Gasteiger partial charge in [0.05, 0.1) is 5.41 Å². The van der Waals surface area contributed by atoms with Gasteiger partial charge < -0.3 is 8.83 Å². The fourth-order valence-electron chi connectivity index (χ4n) is 20.8. The first-order chi connectivity index (χ1) is 65.5. The molecule has 0 aliphatic heterocycles. The van der Waals surface area contributed by atoms with Crippen LogP contribution in [0, 0.1) is 0 Å². The quantitative estimate of drug-likeness (QED) is 0.142. The highest BCUT2D eigenvalue weighted by molar-refractivity contribution is 9.11. The minimum absolute atomic E-state index is 0.0593. The number of halogens is 5. The summed E-state index contributed by atoms with van der Waals surface area (Å²) in [6.07, 6.45) is 0. The molecule has 2 nitrogen and oxygen atoms in total. The molecule has 0 spiro atoms. The molecule has 642 valence electrons. The molecule has 26 rings (SSSR count). The second-order valence-corrected chi connectivity index (χ2v) is 40.4. The Labute approximate surface area is 823 Å². The second-order valence-electron chi connectivity index (χ2n) is 35.8. The summed E-state index contributed by atoms with van der Waals surface area (Å²) in [5.74, 6) is 0. The van der Waals surface area contributed by atoms with Crippen LogP contribution >= 0.6 is 79.6 Å². The molecule has 7 heteroatoms. The molecular weight excluding hydrogens is 1960 g/mol. The highest BCUT2D eigenvalue weighted by Crippen LogP contribution is 2.58. The molecule has 0 fully saturated rings. The summed E-state index contributed by atoms with van der Waals surface area (Å²) in [6.45, 7) is 9.29. The maximum atomic E-state index is 6.38. The van der Waals surface area contributed by atoms with Crippen LogP contribution in [-0.2, 0) is 16.2 Å². The van der Waals surface area contributed by atoms with Crippen molar-refractivity contribution in [3.8, 4) is 100 Å². The molecule has 0 amide bonds. The average Bonchev–Trinajstić information content (AvgIpc) is 1.53. The molecule has 0 bridgehead atoms.